The van der Waals surface area contributed by atoms with Gasteiger partial charge in [-0.1, -0.05) is 23.2 Å². The molecule has 2 aromatic rings. The summed E-state index contributed by atoms with van der Waals surface area (Å²) < 4.78 is 26.6. The second kappa shape index (κ2) is 5.87. The quantitative estimate of drug-likeness (QED) is 0.875. The van der Waals surface area contributed by atoms with Gasteiger partial charge in [-0.25, -0.2) is 8.78 Å². The average Bonchev–Trinajstić information content (AvgIpc) is 2.27. The summed E-state index contributed by atoms with van der Waals surface area (Å²) in [5.41, 5.74) is 1.21. The number of hydrogen-bond acceptors (Lipinski definition) is 1. The van der Waals surface area contributed by atoms with Gasteiger partial charge in [0.2, 0.25) is 0 Å². The van der Waals surface area contributed by atoms with Gasteiger partial charge in [-0.15, -0.1) is 0 Å². The van der Waals surface area contributed by atoms with E-state index in [1.54, 1.807) is 25.2 Å². The van der Waals surface area contributed by atoms with Crippen molar-refractivity contribution in [2.75, 3.05) is 7.05 Å². The van der Waals surface area contributed by atoms with Gasteiger partial charge in [0, 0.05) is 16.1 Å². The Bertz CT molecular complexity index is 510. The third-order valence-electron chi connectivity index (χ3n) is 2.73. The first-order chi connectivity index (χ1) is 8.99. The van der Waals surface area contributed by atoms with Gasteiger partial charge in [0.1, 0.15) is 11.6 Å². The van der Waals surface area contributed by atoms with Crippen molar-refractivity contribution in [3.8, 4) is 0 Å². The van der Waals surface area contributed by atoms with Crippen molar-refractivity contribution in [1.29, 1.82) is 0 Å². The number of nitrogens with one attached hydrogen (secondary N) is 1. The molecule has 0 saturated carbocycles. The molecule has 19 heavy (non-hydrogen) atoms. The molecule has 0 aliphatic rings. The van der Waals surface area contributed by atoms with E-state index in [1.165, 1.54) is 12.1 Å². The largest absolute Gasteiger partial charge is 0.309 e. The Hall–Kier alpha value is -1.16. The molecule has 0 radical (unpaired) electrons. The Kier molecular flexibility index (Phi) is 4.40. The fourth-order valence-corrected chi connectivity index (χ4v) is 2.55. The third kappa shape index (κ3) is 3.44. The van der Waals surface area contributed by atoms with Gasteiger partial charge in [0.15, 0.2) is 0 Å². The van der Waals surface area contributed by atoms with Crippen LogP contribution in [0, 0.1) is 11.6 Å². The van der Waals surface area contributed by atoms with E-state index in [0.717, 1.165) is 11.6 Å². The van der Waals surface area contributed by atoms with E-state index in [-0.39, 0.29) is 6.04 Å². The van der Waals surface area contributed by atoms with Crippen molar-refractivity contribution in [1.82, 2.24) is 5.32 Å². The van der Waals surface area contributed by atoms with Crippen molar-refractivity contribution in [2.45, 2.75) is 6.04 Å². The van der Waals surface area contributed by atoms with Crippen LogP contribution in [-0.2, 0) is 0 Å². The lowest BCUT2D eigenvalue weighted by atomic mass is 9.98. The van der Waals surface area contributed by atoms with Crippen LogP contribution in [0.4, 0.5) is 8.78 Å². The van der Waals surface area contributed by atoms with Gasteiger partial charge in [-0.05, 0) is 48.5 Å². The minimum Gasteiger partial charge on any atom is -0.309 e. The molecule has 2 rings (SSSR count). The first kappa shape index (κ1) is 14.3. The molecule has 2 aromatic carbocycles. The van der Waals surface area contributed by atoms with Crippen LogP contribution in [0.2, 0.25) is 10.0 Å². The van der Waals surface area contributed by atoms with Crippen molar-refractivity contribution < 1.29 is 8.78 Å². The molecule has 0 amide bonds. The second-order valence-corrected chi connectivity index (χ2v) is 5.00. The Morgan fingerprint density at radius 3 is 1.79 bits per heavy atom. The minimum absolute atomic E-state index is 0.388. The number of hydrogen-bond donors (Lipinski definition) is 1. The maximum atomic E-state index is 13.3. The van der Waals surface area contributed by atoms with Crippen molar-refractivity contribution in [2.24, 2.45) is 0 Å². The molecular weight excluding hydrogens is 291 g/mol. The predicted molar refractivity (Wildman–Crippen MR) is 73.7 cm³/mol. The Morgan fingerprint density at radius 2 is 1.32 bits per heavy atom. The SMILES string of the molecule is CNC(c1cc(F)cc(F)c1)c1cc(Cl)cc(Cl)c1. The lowest BCUT2D eigenvalue weighted by molar-refractivity contribution is 0.571. The molecule has 1 N–H and O–H groups in total. The summed E-state index contributed by atoms with van der Waals surface area (Å²) in [6, 6.07) is 8.01. The molecular formula is C14H11Cl2F2N. The zero-order chi connectivity index (χ0) is 14.0. The van der Waals surface area contributed by atoms with Crippen LogP contribution >= 0.6 is 23.2 Å². The number of halogens is 4. The minimum atomic E-state index is -0.622. The van der Waals surface area contributed by atoms with Gasteiger partial charge in [-0.2, -0.15) is 0 Å². The molecule has 0 saturated heterocycles. The molecule has 0 fully saturated rings. The van der Waals surface area contributed by atoms with E-state index in [9.17, 15) is 8.78 Å². The summed E-state index contributed by atoms with van der Waals surface area (Å²) in [6.45, 7) is 0. The van der Waals surface area contributed by atoms with E-state index in [4.69, 9.17) is 23.2 Å². The topological polar surface area (TPSA) is 12.0 Å². The van der Waals surface area contributed by atoms with E-state index >= 15 is 0 Å². The standard InChI is InChI=1S/C14H11Cl2F2N/c1-19-14(8-2-10(15)6-11(16)3-8)9-4-12(17)7-13(18)5-9/h2-7,14,19H,1H3. The summed E-state index contributed by atoms with van der Waals surface area (Å²) in [5, 5.41) is 3.94. The Labute approximate surface area is 120 Å². The molecule has 0 aromatic heterocycles. The maximum absolute atomic E-state index is 13.3. The van der Waals surface area contributed by atoms with Crippen LogP contribution in [0.3, 0.4) is 0 Å². The number of benzene rings is 2. The number of rotatable bonds is 3. The van der Waals surface area contributed by atoms with E-state index in [0.29, 0.717) is 15.6 Å². The molecule has 1 atom stereocenters. The second-order valence-electron chi connectivity index (χ2n) is 4.13. The predicted octanol–water partition coefficient (Wildman–Crippen LogP) is 4.58. The molecule has 0 spiro atoms. The highest BCUT2D eigenvalue weighted by atomic mass is 35.5. The summed E-state index contributed by atoms with van der Waals surface area (Å²) >= 11 is 11.9. The highest BCUT2D eigenvalue weighted by Crippen LogP contribution is 2.28. The molecule has 100 valence electrons. The van der Waals surface area contributed by atoms with Gasteiger partial charge < -0.3 is 5.32 Å². The van der Waals surface area contributed by atoms with E-state index < -0.39 is 11.6 Å². The first-order valence-electron chi connectivity index (χ1n) is 5.59. The monoisotopic (exact) mass is 301 g/mol. The molecule has 1 unspecified atom stereocenters. The normalized spacial score (nSPS) is 12.5. The Balaban J connectivity index is 2.49. The van der Waals surface area contributed by atoms with E-state index in [2.05, 4.69) is 5.32 Å². The Morgan fingerprint density at radius 1 is 0.842 bits per heavy atom. The van der Waals surface area contributed by atoms with Crippen molar-refractivity contribution >= 4 is 23.2 Å². The van der Waals surface area contributed by atoms with Crippen LogP contribution in [0.25, 0.3) is 0 Å². The lowest BCUT2D eigenvalue weighted by Gasteiger charge is -2.18. The summed E-state index contributed by atoms with van der Waals surface area (Å²) in [7, 11) is 1.70. The van der Waals surface area contributed by atoms with E-state index in [1.807, 2.05) is 0 Å². The lowest BCUT2D eigenvalue weighted by Crippen LogP contribution is -2.18. The molecule has 1 nitrogen and oxygen atoms in total. The third-order valence-corrected chi connectivity index (χ3v) is 3.16. The fourth-order valence-electron chi connectivity index (χ4n) is 2.01. The zero-order valence-corrected chi connectivity index (χ0v) is 11.6. The van der Waals surface area contributed by atoms with Gasteiger partial charge in [0.25, 0.3) is 0 Å². The zero-order valence-electron chi connectivity index (χ0n) is 10.1. The summed E-state index contributed by atoms with van der Waals surface area (Å²) in [5.74, 6) is -1.24. The maximum Gasteiger partial charge on any atom is 0.126 e. The molecule has 0 aliphatic carbocycles. The van der Waals surface area contributed by atoms with Gasteiger partial charge >= 0.3 is 0 Å². The van der Waals surface area contributed by atoms with Crippen LogP contribution in [0.5, 0.6) is 0 Å². The fraction of sp³-hybridized carbons (Fsp3) is 0.143. The smallest absolute Gasteiger partial charge is 0.126 e. The van der Waals surface area contributed by atoms with Crippen LogP contribution in [-0.4, -0.2) is 7.05 Å². The molecule has 0 bridgehead atoms. The molecule has 5 heteroatoms. The average molecular weight is 302 g/mol. The van der Waals surface area contributed by atoms with Crippen molar-refractivity contribution in [3.05, 3.63) is 69.2 Å². The first-order valence-corrected chi connectivity index (χ1v) is 6.34. The van der Waals surface area contributed by atoms with Crippen LogP contribution in [0.15, 0.2) is 36.4 Å². The van der Waals surface area contributed by atoms with Crippen LogP contribution in [0.1, 0.15) is 17.2 Å². The highest BCUT2D eigenvalue weighted by molar-refractivity contribution is 6.34. The summed E-state index contributed by atoms with van der Waals surface area (Å²) in [4.78, 5) is 0. The molecule has 0 heterocycles. The summed E-state index contributed by atoms with van der Waals surface area (Å²) in [6.07, 6.45) is 0. The molecule has 0 aliphatic heterocycles. The van der Waals surface area contributed by atoms with Crippen molar-refractivity contribution in [3.63, 3.8) is 0 Å². The van der Waals surface area contributed by atoms with Gasteiger partial charge in [-0.3, -0.25) is 0 Å². The van der Waals surface area contributed by atoms with Gasteiger partial charge in [0.05, 0.1) is 6.04 Å². The highest BCUT2D eigenvalue weighted by Gasteiger charge is 2.15. The van der Waals surface area contributed by atoms with Crippen LogP contribution < -0.4 is 5.32 Å².